The first-order chi connectivity index (χ1) is 14.1. The van der Waals surface area contributed by atoms with Crippen molar-refractivity contribution in [2.75, 3.05) is 19.5 Å². The molecule has 29 heavy (non-hydrogen) atoms. The van der Waals surface area contributed by atoms with E-state index in [2.05, 4.69) is 10.3 Å². The van der Waals surface area contributed by atoms with Crippen LogP contribution in [-0.2, 0) is 4.79 Å². The van der Waals surface area contributed by atoms with E-state index in [1.807, 2.05) is 48.5 Å². The Morgan fingerprint density at radius 1 is 1.03 bits per heavy atom. The Labute approximate surface area is 169 Å². The molecule has 6 heteroatoms. The van der Waals surface area contributed by atoms with Crippen molar-refractivity contribution >= 4 is 17.5 Å². The van der Waals surface area contributed by atoms with Gasteiger partial charge in [0.05, 0.1) is 31.0 Å². The standard InChI is InChI=1S/C23H21N3O3/c1-26-21(15-8-4-3-5-9-15)20(17-10-6-7-11-18(17)23(26)28)22(27)25-16-12-13-19(29-2)24-14-16/h3-14,20-21H,1-2H3,(H,25,27)/t20-,21-/m1/s1. The van der Waals surface area contributed by atoms with Crippen molar-refractivity contribution in [3.63, 3.8) is 0 Å². The van der Waals surface area contributed by atoms with Gasteiger partial charge in [0, 0.05) is 18.7 Å². The van der Waals surface area contributed by atoms with E-state index in [-0.39, 0.29) is 11.8 Å². The largest absolute Gasteiger partial charge is 0.481 e. The van der Waals surface area contributed by atoms with Gasteiger partial charge in [0.1, 0.15) is 0 Å². The number of rotatable bonds is 4. The van der Waals surface area contributed by atoms with Crippen molar-refractivity contribution in [3.05, 3.63) is 89.6 Å². The number of pyridine rings is 1. The van der Waals surface area contributed by atoms with Crippen molar-refractivity contribution in [3.8, 4) is 5.88 Å². The number of fused-ring (bicyclic) bond motifs is 1. The summed E-state index contributed by atoms with van der Waals surface area (Å²) >= 11 is 0. The molecule has 0 saturated heterocycles. The highest BCUT2D eigenvalue weighted by Crippen LogP contribution is 2.42. The number of ether oxygens (including phenoxy) is 1. The molecule has 2 amide bonds. The molecule has 6 nitrogen and oxygen atoms in total. The molecular formula is C23H21N3O3. The predicted octanol–water partition coefficient (Wildman–Crippen LogP) is 3.64. The van der Waals surface area contributed by atoms with Crippen LogP contribution < -0.4 is 10.1 Å². The number of amides is 2. The van der Waals surface area contributed by atoms with Crippen LogP contribution in [0.15, 0.2) is 72.9 Å². The summed E-state index contributed by atoms with van der Waals surface area (Å²) in [6, 6.07) is 19.9. The Morgan fingerprint density at radius 3 is 2.45 bits per heavy atom. The number of methoxy groups -OCH3 is 1. The third-order valence-electron chi connectivity index (χ3n) is 5.22. The minimum atomic E-state index is -0.557. The smallest absolute Gasteiger partial charge is 0.254 e. The Bertz CT molecular complexity index is 1030. The zero-order valence-corrected chi connectivity index (χ0v) is 16.2. The summed E-state index contributed by atoms with van der Waals surface area (Å²) in [4.78, 5) is 32.2. The maximum Gasteiger partial charge on any atom is 0.254 e. The fraction of sp³-hybridized carbons (Fsp3) is 0.174. The zero-order valence-electron chi connectivity index (χ0n) is 16.2. The van der Waals surface area contributed by atoms with Crippen LogP contribution in [0.3, 0.4) is 0 Å². The highest BCUT2D eigenvalue weighted by Gasteiger charge is 2.42. The second-order valence-electron chi connectivity index (χ2n) is 6.91. The van der Waals surface area contributed by atoms with Crippen LogP contribution in [-0.4, -0.2) is 35.9 Å². The molecule has 0 fully saturated rings. The highest BCUT2D eigenvalue weighted by atomic mass is 16.5. The molecule has 2 atom stereocenters. The molecule has 0 bridgehead atoms. The second-order valence-corrected chi connectivity index (χ2v) is 6.91. The number of nitrogens with zero attached hydrogens (tertiary/aromatic N) is 2. The fourth-order valence-corrected chi connectivity index (χ4v) is 3.82. The number of nitrogens with one attached hydrogen (secondary N) is 1. The summed E-state index contributed by atoms with van der Waals surface area (Å²) in [7, 11) is 3.28. The third-order valence-corrected chi connectivity index (χ3v) is 5.22. The molecule has 2 aromatic carbocycles. The number of carbonyl (C=O) groups excluding carboxylic acids is 2. The van der Waals surface area contributed by atoms with E-state index in [1.165, 1.54) is 7.11 Å². The minimum absolute atomic E-state index is 0.0929. The quantitative estimate of drug-likeness (QED) is 0.742. The van der Waals surface area contributed by atoms with E-state index in [9.17, 15) is 9.59 Å². The summed E-state index contributed by atoms with van der Waals surface area (Å²) in [5.74, 6) is -0.376. The van der Waals surface area contributed by atoms with Crippen molar-refractivity contribution in [2.24, 2.45) is 0 Å². The van der Waals surface area contributed by atoms with Crippen molar-refractivity contribution in [1.82, 2.24) is 9.88 Å². The molecule has 0 saturated carbocycles. The first-order valence-electron chi connectivity index (χ1n) is 9.32. The van der Waals surface area contributed by atoms with E-state index >= 15 is 0 Å². The molecule has 4 rings (SSSR count). The molecule has 1 aliphatic heterocycles. The topological polar surface area (TPSA) is 71.5 Å². The average Bonchev–Trinajstić information content (AvgIpc) is 2.77. The van der Waals surface area contributed by atoms with E-state index in [4.69, 9.17) is 4.74 Å². The van der Waals surface area contributed by atoms with Crippen LogP contribution in [0.1, 0.15) is 33.4 Å². The van der Waals surface area contributed by atoms with Gasteiger partial charge in [-0.05, 0) is 23.3 Å². The molecule has 1 aromatic heterocycles. The molecule has 1 N–H and O–H groups in total. The lowest BCUT2D eigenvalue weighted by Crippen LogP contribution is -2.44. The van der Waals surface area contributed by atoms with Gasteiger partial charge in [-0.1, -0.05) is 48.5 Å². The van der Waals surface area contributed by atoms with Gasteiger partial charge in [-0.15, -0.1) is 0 Å². The number of likely N-dealkylation sites (N-methyl/N-ethyl adjacent to an activating group) is 1. The molecule has 0 spiro atoms. The maximum atomic E-state index is 13.4. The first kappa shape index (κ1) is 18.7. The Kier molecular flexibility index (Phi) is 4.99. The first-order valence-corrected chi connectivity index (χ1v) is 9.32. The van der Waals surface area contributed by atoms with Gasteiger partial charge in [-0.25, -0.2) is 4.98 Å². The summed E-state index contributed by atoms with van der Waals surface area (Å²) in [6.07, 6.45) is 1.55. The lowest BCUT2D eigenvalue weighted by Gasteiger charge is -2.39. The van der Waals surface area contributed by atoms with Crippen LogP contribution in [0.25, 0.3) is 0 Å². The molecular weight excluding hydrogens is 366 g/mol. The number of carbonyl (C=O) groups is 2. The highest BCUT2D eigenvalue weighted by molar-refractivity contribution is 6.04. The van der Waals surface area contributed by atoms with E-state index in [0.717, 1.165) is 11.1 Å². The SMILES string of the molecule is COc1ccc(NC(=O)[C@@H]2c3ccccc3C(=O)N(C)[C@@H]2c2ccccc2)cn1. The summed E-state index contributed by atoms with van der Waals surface area (Å²) in [5.41, 5.74) is 2.75. The van der Waals surface area contributed by atoms with Gasteiger partial charge >= 0.3 is 0 Å². The maximum absolute atomic E-state index is 13.4. The van der Waals surface area contributed by atoms with Gasteiger partial charge in [-0.2, -0.15) is 0 Å². The monoisotopic (exact) mass is 387 g/mol. The van der Waals surface area contributed by atoms with Gasteiger partial charge in [0.25, 0.3) is 5.91 Å². The van der Waals surface area contributed by atoms with Crippen LogP contribution in [0, 0.1) is 0 Å². The second kappa shape index (κ2) is 7.75. The number of aromatic nitrogens is 1. The van der Waals surface area contributed by atoms with E-state index in [1.54, 1.807) is 36.3 Å². The molecule has 0 aliphatic carbocycles. The number of anilines is 1. The molecule has 2 heterocycles. The molecule has 0 radical (unpaired) electrons. The van der Waals surface area contributed by atoms with E-state index in [0.29, 0.717) is 17.1 Å². The van der Waals surface area contributed by atoms with Crippen molar-refractivity contribution in [2.45, 2.75) is 12.0 Å². The fourth-order valence-electron chi connectivity index (χ4n) is 3.82. The average molecular weight is 387 g/mol. The van der Waals surface area contributed by atoms with Gasteiger partial charge in [0.2, 0.25) is 11.8 Å². The normalized spacial score (nSPS) is 18.1. The van der Waals surface area contributed by atoms with Crippen LogP contribution in [0.2, 0.25) is 0 Å². The van der Waals surface area contributed by atoms with Gasteiger partial charge in [-0.3, -0.25) is 9.59 Å². The molecule has 0 unspecified atom stereocenters. The Hall–Kier alpha value is -3.67. The molecule has 1 aliphatic rings. The Morgan fingerprint density at radius 2 is 1.76 bits per heavy atom. The third kappa shape index (κ3) is 3.45. The summed E-state index contributed by atoms with van der Waals surface area (Å²) < 4.78 is 5.07. The number of hydrogen-bond acceptors (Lipinski definition) is 4. The van der Waals surface area contributed by atoms with Gasteiger partial charge in [0.15, 0.2) is 0 Å². The zero-order chi connectivity index (χ0) is 20.4. The lowest BCUT2D eigenvalue weighted by molar-refractivity contribution is -0.119. The summed E-state index contributed by atoms with van der Waals surface area (Å²) in [5, 5.41) is 2.94. The number of hydrogen-bond donors (Lipinski definition) is 1. The van der Waals surface area contributed by atoms with Crippen molar-refractivity contribution < 1.29 is 14.3 Å². The molecule has 146 valence electrons. The van der Waals surface area contributed by atoms with Crippen molar-refractivity contribution in [1.29, 1.82) is 0 Å². The molecule has 3 aromatic rings. The van der Waals surface area contributed by atoms with Crippen LogP contribution in [0.4, 0.5) is 5.69 Å². The minimum Gasteiger partial charge on any atom is -0.481 e. The summed E-state index contributed by atoms with van der Waals surface area (Å²) in [6.45, 7) is 0. The van der Waals surface area contributed by atoms with E-state index < -0.39 is 12.0 Å². The Balaban J connectivity index is 1.76. The lowest BCUT2D eigenvalue weighted by atomic mass is 9.79. The van der Waals surface area contributed by atoms with Crippen LogP contribution >= 0.6 is 0 Å². The number of benzene rings is 2. The van der Waals surface area contributed by atoms with Crippen LogP contribution in [0.5, 0.6) is 5.88 Å². The van der Waals surface area contributed by atoms with Gasteiger partial charge < -0.3 is 15.0 Å². The predicted molar refractivity (Wildman–Crippen MR) is 110 cm³/mol.